The number of ether oxygens (including phenoxy) is 1. The molecule has 0 spiro atoms. The predicted molar refractivity (Wildman–Crippen MR) is 52.0 cm³/mol. The van der Waals surface area contributed by atoms with Crippen LogP contribution in [0, 0.1) is 23.0 Å². The zero-order valence-electron chi connectivity index (χ0n) is 8.33. The molecule has 1 aromatic carbocycles. The van der Waals surface area contributed by atoms with Crippen LogP contribution >= 0.6 is 0 Å². The van der Waals surface area contributed by atoms with Crippen LogP contribution in [0.5, 0.6) is 0 Å². The van der Waals surface area contributed by atoms with Crippen molar-refractivity contribution in [3.63, 3.8) is 0 Å². The highest BCUT2D eigenvalue weighted by atomic mass is 19.2. The van der Waals surface area contributed by atoms with E-state index < -0.39 is 23.2 Å². The zero-order valence-corrected chi connectivity index (χ0v) is 8.33. The average molecular weight is 223 g/mol. The first-order valence-corrected chi connectivity index (χ1v) is 4.24. The van der Waals surface area contributed by atoms with Gasteiger partial charge in [0.15, 0.2) is 11.6 Å². The molecule has 1 rings (SSSR count). The molecule has 82 valence electrons. The molecule has 0 heterocycles. The van der Waals surface area contributed by atoms with Crippen molar-refractivity contribution < 1.29 is 18.3 Å². The monoisotopic (exact) mass is 223 g/mol. The molecule has 16 heavy (non-hydrogen) atoms. The molecular weight excluding hydrogens is 216 g/mol. The summed E-state index contributed by atoms with van der Waals surface area (Å²) in [5, 5.41) is 8.61. The van der Waals surface area contributed by atoms with E-state index in [2.05, 4.69) is 4.74 Å². The van der Waals surface area contributed by atoms with E-state index in [4.69, 9.17) is 5.26 Å². The van der Waals surface area contributed by atoms with Crippen LogP contribution in [0.1, 0.15) is 5.56 Å². The van der Waals surface area contributed by atoms with E-state index in [-0.39, 0.29) is 5.56 Å². The minimum absolute atomic E-state index is 0.179. The van der Waals surface area contributed by atoms with Crippen molar-refractivity contribution in [2.45, 2.75) is 0 Å². The Morgan fingerprint density at radius 1 is 1.50 bits per heavy atom. The maximum absolute atomic E-state index is 13.2. The third-order valence-electron chi connectivity index (χ3n) is 1.81. The lowest BCUT2D eigenvalue weighted by atomic mass is 10.1. The maximum atomic E-state index is 13.2. The van der Waals surface area contributed by atoms with E-state index in [1.54, 1.807) is 6.07 Å². The van der Waals surface area contributed by atoms with Gasteiger partial charge < -0.3 is 4.74 Å². The first-order chi connectivity index (χ1) is 7.60. The largest absolute Gasteiger partial charge is 0.465 e. The molecule has 0 saturated carbocycles. The molecule has 3 nitrogen and oxygen atoms in total. The van der Waals surface area contributed by atoms with Crippen LogP contribution < -0.4 is 0 Å². The SMILES string of the molecule is COC(=O)C(C#N)=Cc1cccc(F)c1F. The third-order valence-corrected chi connectivity index (χ3v) is 1.81. The van der Waals surface area contributed by atoms with Crippen LogP contribution in [0.4, 0.5) is 8.78 Å². The van der Waals surface area contributed by atoms with Crippen LogP contribution in [0.2, 0.25) is 0 Å². The van der Waals surface area contributed by atoms with Crippen LogP contribution in [-0.4, -0.2) is 13.1 Å². The van der Waals surface area contributed by atoms with E-state index >= 15 is 0 Å². The minimum atomic E-state index is -1.11. The molecule has 0 N–H and O–H groups in total. The van der Waals surface area contributed by atoms with Crippen molar-refractivity contribution in [2.24, 2.45) is 0 Å². The highest BCUT2D eigenvalue weighted by molar-refractivity contribution is 5.97. The van der Waals surface area contributed by atoms with Crippen molar-refractivity contribution in [3.8, 4) is 6.07 Å². The first-order valence-electron chi connectivity index (χ1n) is 4.24. The second-order valence-electron chi connectivity index (χ2n) is 2.80. The molecule has 0 unspecified atom stereocenters. The van der Waals surface area contributed by atoms with Gasteiger partial charge in [-0.05, 0) is 12.1 Å². The first kappa shape index (κ1) is 11.9. The Morgan fingerprint density at radius 3 is 2.75 bits per heavy atom. The highest BCUT2D eigenvalue weighted by Crippen LogP contribution is 2.15. The summed E-state index contributed by atoms with van der Waals surface area (Å²) in [5.74, 6) is -3.05. The Morgan fingerprint density at radius 2 is 2.19 bits per heavy atom. The van der Waals surface area contributed by atoms with Gasteiger partial charge in [-0.15, -0.1) is 0 Å². The number of halogens is 2. The van der Waals surface area contributed by atoms with Gasteiger partial charge in [-0.3, -0.25) is 0 Å². The van der Waals surface area contributed by atoms with Gasteiger partial charge >= 0.3 is 5.97 Å². The van der Waals surface area contributed by atoms with E-state index in [9.17, 15) is 13.6 Å². The standard InChI is InChI=1S/C11H7F2NO2/c1-16-11(15)8(6-14)5-7-3-2-4-9(12)10(7)13/h2-5H,1H3. The smallest absolute Gasteiger partial charge is 0.348 e. The Balaban J connectivity index is 3.20. The molecule has 0 aliphatic rings. The summed E-state index contributed by atoms with van der Waals surface area (Å²) in [6.07, 6.45) is 0.935. The summed E-state index contributed by atoms with van der Waals surface area (Å²) in [6.45, 7) is 0. The lowest BCUT2D eigenvalue weighted by molar-refractivity contribution is -0.135. The van der Waals surface area contributed by atoms with Gasteiger partial charge in [0.25, 0.3) is 0 Å². The zero-order chi connectivity index (χ0) is 12.1. The van der Waals surface area contributed by atoms with Crippen LogP contribution in [-0.2, 0) is 9.53 Å². The quantitative estimate of drug-likeness (QED) is 0.438. The van der Waals surface area contributed by atoms with Gasteiger partial charge in [-0.1, -0.05) is 12.1 Å². The predicted octanol–water partition coefficient (Wildman–Crippen LogP) is 2.04. The molecule has 0 atom stereocenters. The molecule has 0 radical (unpaired) electrons. The lowest BCUT2D eigenvalue weighted by Crippen LogP contribution is -2.03. The molecule has 0 saturated heterocycles. The fraction of sp³-hybridized carbons (Fsp3) is 0.0909. The number of rotatable bonds is 2. The van der Waals surface area contributed by atoms with Gasteiger partial charge in [-0.25, -0.2) is 13.6 Å². The number of benzene rings is 1. The van der Waals surface area contributed by atoms with Gasteiger partial charge in [0.2, 0.25) is 0 Å². The number of methoxy groups -OCH3 is 1. The van der Waals surface area contributed by atoms with Crippen LogP contribution in [0.25, 0.3) is 6.08 Å². The Labute approximate surface area is 90.6 Å². The number of carbonyl (C=O) groups excluding carboxylic acids is 1. The van der Waals surface area contributed by atoms with Gasteiger partial charge in [-0.2, -0.15) is 5.26 Å². The van der Waals surface area contributed by atoms with Crippen molar-refractivity contribution in [1.29, 1.82) is 5.26 Å². The van der Waals surface area contributed by atoms with Crippen molar-refractivity contribution in [3.05, 3.63) is 41.0 Å². The average Bonchev–Trinajstić information content (AvgIpc) is 2.30. The summed E-state index contributed by atoms with van der Waals surface area (Å²) in [4.78, 5) is 11.0. The fourth-order valence-corrected chi connectivity index (χ4v) is 1.03. The number of carbonyl (C=O) groups is 1. The van der Waals surface area contributed by atoms with E-state index in [1.165, 1.54) is 12.1 Å². The number of hydrogen-bond donors (Lipinski definition) is 0. The van der Waals surface area contributed by atoms with E-state index in [0.29, 0.717) is 0 Å². The molecular formula is C11H7F2NO2. The molecule has 0 fully saturated rings. The van der Waals surface area contributed by atoms with Crippen molar-refractivity contribution >= 4 is 12.0 Å². The third kappa shape index (κ3) is 2.42. The molecule has 0 aliphatic heterocycles. The lowest BCUT2D eigenvalue weighted by Gasteiger charge is -1.99. The van der Waals surface area contributed by atoms with Crippen molar-refractivity contribution in [2.75, 3.05) is 7.11 Å². The number of nitrogens with zero attached hydrogens (tertiary/aromatic N) is 1. The molecule has 1 aromatic rings. The second kappa shape index (κ2) is 5.03. The van der Waals surface area contributed by atoms with Crippen LogP contribution in [0.3, 0.4) is 0 Å². The summed E-state index contributed by atoms with van der Waals surface area (Å²) in [7, 11) is 1.09. The van der Waals surface area contributed by atoms with Crippen LogP contribution in [0.15, 0.2) is 23.8 Å². The Hall–Kier alpha value is -2.22. The molecule has 0 aromatic heterocycles. The Bertz CT molecular complexity index is 489. The topological polar surface area (TPSA) is 50.1 Å². The summed E-state index contributed by atoms with van der Waals surface area (Å²) in [5.41, 5.74) is -0.575. The van der Waals surface area contributed by atoms with E-state index in [1.807, 2.05) is 0 Å². The summed E-state index contributed by atoms with van der Waals surface area (Å²) in [6, 6.07) is 5.01. The van der Waals surface area contributed by atoms with Gasteiger partial charge in [0.1, 0.15) is 11.6 Å². The normalized spacial score (nSPS) is 10.8. The summed E-state index contributed by atoms with van der Waals surface area (Å²) >= 11 is 0. The molecule has 0 aliphatic carbocycles. The van der Waals surface area contributed by atoms with Gasteiger partial charge in [0, 0.05) is 5.56 Å². The summed E-state index contributed by atoms with van der Waals surface area (Å²) < 4.78 is 30.3. The minimum Gasteiger partial charge on any atom is -0.465 e. The number of hydrogen-bond acceptors (Lipinski definition) is 3. The second-order valence-corrected chi connectivity index (χ2v) is 2.80. The number of nitriles is 1. The molecule has 0 amide bonds. The van der Waals surface area contributed by atoms with Crippen molar-refractivity contribution in [1.82, 2.24) is 0 Å². The highest BCUT2D eigenvalue weighted by Gasteiger charge is 2.11. The number of esters is 1. The molecule has 5 heteroatoms. The van der Waals surface area contributed by atoms with Gasteiger partial charge in [0.05, 0.1) is 7.11 Å². The molecule has 0 bridgehead atoms. The van der Waals surface area contributed by atoms with E-state index in [0.717, 1.165) is 19.3 Å². The maximum Gasteiger partial charge on any atom is 0.348 e. The Kier molecular flexibility index (Phi) is 3.72. The fourth-order valence-electron chi connectivity index (χ4n) is 1.03.